The van der Waals surface area contributed by atoms with Gasteiger partial charge in [0, 0.05) is 0 Å². The van der Waals surface area contributed by atoms with E-state index < -0.39 is 28.5 Å². The standard InChI is InChI=1S/C12H13Cl3N2O5/c13-12(14,15)5-22-11(21)17-8-4-6(1-2-9(8)18)3-7(16)10(19)20/h1-2,4,7,18H,3,5,16H2,(H,17,21)(H,19,20). The molecule has 22 heavy (non-hydrogen) atoms. The van der Waals surface area contributed by atoms with Gasteiger partial charge in [0.05, 0.1) is 5.69 Å². The zero-order valence-corrected chi connectivity index (χ0v) is 13.3. The number of carbonyl (C=O) groups is 2. The first-order valence-electron chi connectivity index (χ1n) is 5.89. The number of amides is 1. The summed E-state index contributed by atoms with van der Waals surface area (Å²) in [4.78, 5) is 22.2. The van der Waals surface area contributed by atoms with E-state index in [9.17, 15) is 14.7 Å². The van der Waals surface area contributed by atoms with Crippen LogP contribution in [0.2, 0.25) is 0 Å². The highest BCUT2D eigenvalue weighted by atomic mass is 35.6. The third-order valence-electron chi connectivity index (χ3n) is 2.44. The minimum absolute atomic E-state index is 0.0180. The Morgan fingerprint density at radius 1 is 1.36 bits per heavy atom. The molecule has 0 aromatic heterocycles. The molecule has 10 heteroatoms. The van der Waals surface area contributed by atoms with Crippen molar-refractivity contribution in [1.82, 2.24) is 0 Å². The second kappa shape index (κ2) is 7.73. The minimum atomic E-state index is -1.75. The van der Waals surface area contributed by atoms with E-state index >= 15 is 0 Å². The topological polar surface area (TPSA) is 122 Å². The van der Waals surface area contributed by atoms with Gasteiger partial charge in [-0.05, 0) is 24.1 Å². The molecule has 0 aliphatic rings. The summed E-state index contributed by atoms with van der Waals surface area (Å²) in [6.45, 7) is -0.478. The number of rotatable bonds is 5. The van der Waals surface area contributed by atoms with E-state index in [1.807, 2.05) is 0 Å². The van der Waals surface area contributed by atoms with E-state index in [4.69, 9.17) is 45.6 Å². The number of hydrogen-bond acceptors (Lipinski definition) is 5. The van der Waals surface area contributed by atoms with Crippen LogP contribution in [0.3, 0.4) is 0 Å². The molecule has 0 saturated carbocycles. The minimum Gasteiger partial charge on any atom is -0.506 e. The number of carbonyl (C=O) groups excluding carboxylic acids is 1. The van der Waals surface area contributed by atoms with Crippen LogP contribution in [0, 0.1) is 0 Å². The van der Waals surface area contributed by atoms with Crippen LogP contribution in [0.4, 0.5) is 10.5 Å². The normalized spacial score (nSPS) is 12.5. The second-order valence-corrected chi connectivity index (χ2v) is 6.83. The molecule has 1 rings (SSSR count). The Kier molecular flexibility index (Phi) is 6.55. The third-order valence-corrected chi connectivity index (χ3v) is 2.76. The van der Waals surface area contributed by atoms with Crippen molar-refractivity contribution >= 4 is 52.6 Å². The number of aliphatic carboxylic acids is 1. The Balaban J connectivity index is 2.74. The predicted molar refractivity (Wildman–Crippen MR) is 82.7 cm³/mol. The SMILES string of the molecule is NC(Cc1ccc(O)c(NC(=O)OCC(Cl)(Cl)Cl)c1)C(=O)O. The number of ether oxygens (including phenoxy) is 1. The van der Waals surface area contributed by atoms with Gasteiger partial charge < -0.3 is 20.7 Å². The van der Waals surface area contributed by atoms with Crippen LogP contribution in [0.5, 0.6) is 5.75 Å². The molecule has 0 bridgehead atoms. The first-order valence-corrected chi connectivity index (χ1v) is 7.02. The monoisotopic (exact) mass is 370 g/mol. The van der Waals surface area contributed by atoms with Crippen LogP contribution in [-0.4, -0.2) is 38.7 Å². The number of nitrogens with two attached hydrogens (primary N) is 1. The summed E-state index contributed by atoms with van der Waals surface area (Å²) in [6.07, 6.45) is -0.922. The number of aromatic hydroxyl groups is 1. The number of benzene rings is 1. The van der Waals surface area contributed by atoms with Gasteiger partial charge in [0.15, 0.2) is 0 Å². The van der Waals surface area contributed by atoms with E-state index in [2.05, 4.69) is 10.1 Å². The van der Waals surface area contributed by atoms with E-state index in [0.29, 0.717) is 5.56 Å². The molecule has 122 valence electrons. The van der Waals surface area contributed by atoms with Gasteiger partial charge >= 0.3 is 12.1 Å². The van der Waals surface area contributed by atoms with Crippen LogP contribution >= 0.6 is 34.8 Å². The molecule has 1 aromatic carbocycles. The second-order valence-electron chi connectivity index (χ2n) is 4.32. The molecule has 5 N–H and O–H groups in total. The highest BCUT2D eigenvalue weighted by molar-refractivity contribution is 6.67. The summed E-state index contributed by atoms with van der Waals surface area (Å²) in [5.74, 6) is -1.40. The molecule has 1 atom stereocenters. The van der Waals surface area contributed by atoms with Gasteiger partial charge in [-0.15, -0.1) is 0 Å². The molecule has 1 aromatic rings. The van der Waals surface area contributed by atoms with E-state index in [1.54, 1.807) is 0 Å². The zero-order chi connectivity index (χ0) is 16.9. The highest BCUT2D eigenvalue weighted by Gasteiger charge is 2.22. The lowest BCUT2D eigenvalue weighted by atomic mass is 10.1. The van der Waals surface area contributed by atoms with Gasteiger partial charge in [-0.3, -0.25) is 10.1 Å². The Morgan fingerprint density at radius 2 is 2.00 bits per heavy atom. The molecule has 0 aliphatic heterocycles. The number of hydrogen-bond donors (Lipinski definition) is 4. The average Bonchev–Trinajstić information content (AvgIpc) is 2.39. The van der Waals surface area contributed by atoms with Gasteiger partial charge in [-0.25, -0.2) is 4.79 Å². The number of carboxylic acid groups (broad SMARTS) is 1. The third kappa shape index (κ3) is 6.57. The lowest BCUT2D eigenvalue weighted by Crippen LogP contribution is -2.32. The molecule has 0 radical (unpaired) electrons. The molecule has 0 spiro atoms. The van der Waals surface area contributed by atoms with Crippen molar-refractivity contribution in [2.75, 3.05) is 11.9 Å². The quantitative estimate of drug-likeness (QED) is 0.465. The van der Waals surface area contributed by atoms with Crippen molar-refractivity contribution in [1.29, 1.82) is 0 Å². The molecule has 0 saturated heterocycles. The fourth-order valence-corrected chi connectivity index (χ4v) is 1.61. The van der Waals surface area contributed by atoms with Crippen LogP contribution in [0.1, 0.15) is 5.56 Å². The van der Waals surface area contributed by atoms with Crippen LogP contribution in [0.15, 0.2) is 18.2 Å². The van der Waals surface area contributed by atoms with Gasteiger partial charge in [0.25, 0.3) is 0 Å². The molecular weight excluding hydrogens is 358 g/mol. The summed E-state index contributed by atoms with van der Waals surface area (Å²) in [6, 6.07) is 3.03. The summed E-state index contributed by atoms with van der Waals surface area (Å²) < 4.78 is 2.89. The van der Waals surface area contributed by atoms with Gasteiger partial charge in [0.1, 0.15) is 18.4 Å². The van der Waals surface area contributed by atoms with E-state index in [1.165, 1.54) is 18.2 Å². The zero-order valence-electron chi connectivity index (χ0n) is 11.1. The Hall–Kier alpha value is -1.41. The van der Waals surface area contributed by atoms with Crippen molar-refractivity contribution in [2.45, 2.75) is 16.3 Å². The number of carboxylic acids is 1. The van der Waals surface area contributed by atoms with E-state index in [0.717, 1.165) is 0 Å². The molecule has 0 aliphatic carbocycles. The highest BCUT2D eigenvalue weighted by Crippen LogP contribution is 2.27. The fourth-order valence-electron chi connectivity index (χ4n) is 1.44. The maximum atomic E-state index is 11.5. The number of phenols is 1. The van der Waals surface area contributed by atoms with Crippen LogP contribution in [0.25, 0.3) is 0 Å². The van der Waals surface area contributed by atoms with Gasteiger partial charge in [-0.1, -0.05) is 40.9 Å². The van der Waals surface area contributed by atoms with Gasteiger partial charge in [0.2, 0.25) is 3.79 Å². The Morgan fingerprint density at radius 3 is 2.55 bits per heavy atom. The Labute approximate surface area is 140 Å². The molecule has 0 heterocycles. The number of alkyl halides is 3. The Bertz CT molecular complexity index is 562. The fraction of sp³-hybridized carbons (Fsp3) is 0.333. The number of phenolic OH excluding ortho intramolecular Hbond substituents is 1. The van der Waals surface area contributed by atoms with Crippen molar-refractivity contribution in [3.8, 4) is 5.75 Å². The largest absolute Gasteiger partial charge is 0.506 e. The number of halogens is 3. The number of nitrogens with one attached hydrogen (secondary N) is 1. The van der Waals surface area contributed by atoms with Crippen LogP contribution in [-0.2, 0) is 16.0 Å². The molecule has 0 fully saturated rings. The summed E-state index contributed by atoms with van der Waals surface area (Å²) in [7, 11) is 0. The van der Waals surface area contributed by atoms with Gasteiger partial charge in [-0.2, -0.15) is 0 Å². The maximum Gasteiger partial charge on any atom is 0.411 e. The summed E-state index contributed by atoms with van der Waals surface area (Å²) in [5, 5.41) is 20.7. The summed E-state index contributed by atoms with van der Waals surface area (Å²) in [5.41, 5.74) is 5.94. The summed E-state index contributed by atoms with van der Waals surface area (Å²) >= 11 is 16.3. The number of anilines is 1. The smallest absolute Gasteiger partial charge is 0.411 e. The predicted octanol–water partition coefficient (Wildman–Crippen LogP) is 2.27. The first kappa shape index (κ1) is 18.6. The molecule has 7 nitrogen and oxygen atoms in total. The van der Waals surface area contributed by atoms with Crippen molar-refractivity contribution in [2.24, 2.45) is 5.73 Å². The van der Waals surface area contributed by atoms with E-state index in [-0.39, 0.29) is 17.9 Å². The molecule has 1 unspecified atom stereocenters. The first-order chi connectivity index (χ1) is 10.1. The van der Waals surface area contributed by atoms with Crippen LogP contribution < -0.4 is 11.1 Å². The molecular formula is C12H13Cl3N2O5. The lowest BCUT2D eigenvalue weighted by molar-refractivity contribution is -0.138. The van der Waals surface area contributed by atoms with Crippen molar-refractivity contribution in [3.05, 3.63) is 23.8 Å². The molecule has 1 amide bonds. The lowest BCUT2D eigenvalue weighted by Gasteiger charge is -2.13. The van der Waals surface area contributed by atoms with Crippen molar-refractivity contribution in [3.63, 3.8) is 0 Å². The van der Waals surface area contributed by atoms with Crippen molar-refractivity contribution < 1.29 is 24.5 Å². The maximum absolute atomic E-state index is 11.5. The average molecular weight is 372 g/mol.